The Morgan fingerprint density at radius 2 is 1.40 bits per heavy atom. The summed E-state index contributed by atoms with van der Waals surface area (Å²) in [6, 6.07) is 0. The van der Waals surface area contributed by atoms with Gasteiger partial charge in [0, 0.05) is 24.0 Å². The average Bonchev–Trinajstić information content (AvgIpc) is 0.811. The molecule has 0 aliphatic heterocycles. The van der Waals surface area contributed by atoms with Crippen LogP contribution in [0.4, 0.5) is 0 Å². The molecule has 0 heterocycles. The fourth-order valence-electron chi connectivity index (χ4n) is 0. The molecule has 5 heavy (non-hydrogen) atoms. The molecule has 0 aliphatic carbocycles. The maximum atomic E-state index is 8.70. The van der Waals surface area contributed by atoms with Crippen LogP contribution < -0.4 is 0 Å². The van der Waals surface area contributed by atoms with Gasteiger partial charge >= 0.3 is 8.25 Å². The molecule has 2 N–H and O–H groups in total. The van der Waals surface area contributed by atoms with Gasteiger partial charge in [-0.05, 0) is 0 Å². The average molecular weight is 182 g/mol. The van der Waals surface area contributed by atoms with E-state index in [1.54, 1.807) is 0 Å². The molecular formula is H2O3PRu+. The van der Waals surface area contributed by atoms with Gasteiger partial charge in [0.2, 0.25) is 0 Å². The Kier molecular flexibility index (Phi) is 8.51. The minimum absolute atomic E-state index is 0. The summed E-state index contributed by atoms with van der Waals surface area (Å²) in [5.41, 5.74) is 0. The van der Waals surface area contributed by atoms with E-state index in [0.29, 0.717) is 0 Å². The second-order valence-electron chi connectivity index (χ2n) is 0.253. The van der Waals surface area contributed by atoms with Crippen molar-refractivity contribution in [2.45, 2.75) is 0 Å². The Morgan fingerprint density at radius 3 is 1.40 bits per heavy atom. The second-order valence-corrected chi connectivity index (χ2v) is 0.758. The van der Waals surface area contributed by atoms with Crippen LogP contribution in [0.1, 0.15) is 0 Å². The molecule has 0 aromatic rings. The smallest absolute Gasteiger partial charge is 0.134 e. The van der Waals surface area contributed by atoms with Gasteiger partial charge in [0.15, 0.2) is 0 Å². The third-order valence-corrected chi connectivity index (χ3v) is 0. The van der Waals surface area contributed by atoms with Gasteiger partial charge in [0.05, 0.1) is 0 Å². The molecule has 0 amide bonds. The fraction of sp³-hybridized carbons (Fsp3) is 0. The van der Waals surface area contributed by atoms with Gasteiger partial charge in [0.25, 0.3) is 0 Å². The van der Waals surface area contributed by atoms with Crippen LogP contribution in [0, 0.1) is 0 Å². The van der Waals surface area contributed by atoms with Crippen molar-refractivity contribution < 1.29 is 33.8 Å². The molecule has 0 aromatic carbocycles. The zero-order valence-electron chi connectivity index (χ0n) is 2.10. The molecule has 0 aliphatic rings. The molecule has 0 fully saturated rings. The first-order chi connectivity index (χ1) is 1.73. The van der Waals surface area contributed by atoms with Crippen LogP contribution in [0.15, 0.2) is 0 Å². The van der Waals surface area contributed by atoms with Crippen molar-refractivity contribution in [2.75, 3.05) is 0 Å². The fourth-order valence-corrected chi connectivity index (χ4v) is 0. The van der Waals surface area contributed by atoms with E-state index in [1.807, 2.05) is 0 Å². The molecular weight excluding hydrogens is 180 g/mol. The van der Waals surface area contributed by atoms with Crippen molar-refractivity contribution in [3.63, 3.8) is 0 Å². The van der Waals surface area contributed by atoms with Gasteiger partial charge in [-0.1, -0.05) is 0 Å². The summed E-state index contributed by atoms with van der Waals surface area (Å²) in [4.78, 5) is 14.2. The van der Waals surface area contributed by atoms with Crippen LogP contribution >= 0.6 is 8.25 Å². The Hall–Kier alpha value is 0.643. The van der Waals surface area contributed by atoms with Crippen LogP contribution in [-0.4, -0.2) is 9.79 Å². The third kappa shape index (κ3) is 78.4. The van der Waals surface area contributed by atoms with E-state index in [9.17, 15) is 0 Å². The monoisotopic (exact) mass is 183 g/mol. The largest absolute Gasteiger partial charge is 0.692 e. The summed E-state index contributed by atoms with van der Waals surface area (Å²) in [6.45, 7) is 0. The Bertz CT molecular complexity index is 29.9. The van der Waals surface area contributed by atoms with Crippen LogP contribution in [0.5, 0.6) is 0 Å². The number of rotatable bonds is 0. The second kappa shape index (κ2) is 4.64. The first-order valence-corrected chi connectivity index (χ1v) is 1.75. The summed E-state index contributed by atoms with van der Waals surface area (Å²) in [7, 11) is -2.87. The number of hydrogen-bond acceptors (Lipinski definition) is 1. The maximum absolute atomic E-state index is 8.70. The zero-order valence-corrected chi connectivity index (χ0v) is 4.74. The van der Waals surface area contributed by atoms with E-state index in [-0.39, 0.29) is 19.5 Å². The van der Waals surface area contributed by atoms with Gasteiger partial charge in [-0.15, -0.1) is 9.79 Å². The predicted molar refractivity (Wildman–Crippen MR) is 12.0 cm³/mol. The molecule has 32 valence electrons. The zero-order chi connectivity index (χ0) is 3.58. The topological polar surface area (TPSA) is 57.5 Å². The maximum Gasteiger partial charge on any atom is 0.692 e. The van der Waals surface area contributed by atoms with Crippen LogP contribution in [-0.2, 0) is 24.0 Å². The van der Waals surface area contributed by atoms with Crippen molar-refractivity contribution in [2.24, 2.45) is 0 Å². The summed E-state index contributed by atoms with van der Waals surface area (Å²) in [6.07, 6.45) is 0. The molecule has 0 radical (unpaired) electrons. The molecule has 3 nitrogen and oxygen atoms in total. The molecule has 5 heteroatoms. The molecule has 0 atom stereocenters. The van der Waals surface area contributed by atoms with E-state index < -0.39 is 8.25 Å². The number of hydrogen-bond donors (Lipinski definition) is 2. The van der Waals surface area contributed by atoms with E-state index in [1.165, 1.54) is 0 Å². The van der Waals surface area contributed by atoms with Gasteiger partial charge < -0.3 is 0 Å². The van der Waals surface area contributed by atoms with Gasteiger partial charge in [-0.25, -0.2) is 0 Å². The Labute approximate surface area is 42.7 Å². The van der Waals surface area contributed by atoms with E-state index >= 15 is 0 Å². The van der Waals surface area contributed by atoms with Crippen molar-refractivity contribution in [1.82, 2.24) is 0 Å². The molecule has 0 saturated carbocycles. The Morgan fingerprint density at radius 1 is 1.40 bits per heavy atom. The van der Waals surface area contributed by atoms with E-state index in [2.05, 4.69) is 0 Å². The summed E-state index contributed by atoms with van der Waals surface area (Å²) < 4.78 is 8.70. The molecule has 0 unspecified atom stereocenters. The minimum Gasteiger partial charge on any atom is -0.134 e. The first kappa shape index (κ1) is 9.17. The van der Waals surface area contributed by atoms with Crippen LogP contribution in [0.25, 0.3) is 0 Å². The summed E-state index contributed by atoms with van der Waals surface area (Å²) in [5, 5.41) is 0. The van der Waals surface area contributed by atoms with Gasteiger partial charge in [0.1, 0.15) is 0 Å². The molecule has 0 aromatic heterocycles. The predicted octanol–water partition coefficient (Wildman–Crippen LogP) is -0.374. The van der Waals surface area contributed by atoms with Crippen molar-refractivity contribution in [3.8, 4) is 0 Å². The molecule has 0 spiro atoms. The quantitative estimate of drug-likeness (QED) is 0.396. The normalized spacial score (nSPS) is 5.20. The van der Waals surface area contributed by atoms with Crippen molar-refractivity contribution >= 4 is 8.25 Å². The van der Waals surface area contributed by atoms with Gasteiger partial charge in [-0.3, -0.25) is 0 Å². The van der Waals surface area contributed by atoms with Crippen molar-refractivity contribution in [3.05, 3.63) is 0 Å². The minimum atomic E-state index is -2.87. The third-order valence-electron chi connectivity index (χ3n) is 0. The summed E-state index contributed by atoms with van der Waals surface area (Å²) in [5.74, 6) is 0. The molecule has 0 saturated heterocycles. The van der Waals surface area contributed by atoms with Crippen LogP contribution in [0.3, 0.4) is 0 Å². The van der Waals surface area contributed by atoms with E-state index in [4.69, 9.17) is 14.4 Å². The standard InChI is InChI=1S/HO3P.Ru/c1-4(2)3;/h(H-,1,2,3);/p+1. The molecule has 0 rings (SSSR count). The van der Waals surface area contributed by atoms with Crippen LogP contribution in [0.2, 0.25) is 0 Å². The SMILES string of the molecule is O=[P+](O)O.[Ru]. The van der Waals surface area contributed by atoms with E-state index in [0.717, 1.165) is 0 Å². The summed E-state index contributed by atoms with van der Waals surface area (Å²) >= 11 is 0. The van der Waals surface area contributed by atoms with Crippen molar-refractivity contribution in [1.29, 1.82) is 0 Å². The Balaban J connectivity index is 0. The first-order valence-electron chi connectivity index (χ1n) is 0.583. The molecule has 0 bridgehead atoms. The van der Waals surface area contributed by atoms with Gasteiger partial charge in [-0.2, -0.15) is 0 Å².